The molecule has 7 heteroatoms. The van der Waals surface area contributed by atoms with Gasteiger partial charge >= 0.3 is 0 Å². The summed E-state index contributed by atoms with van der Waals surface area (Å²) in [6.07, 6.45) is 1.35. The van der Waals surface area contributed by atoms with E-state index in [0.29, 0.717) is 0 Å². The molecule has 1 N–H and O–H groups in total. The SMILES string of the molecule is CCOC(C)c1nc(CN2CCCNCC2)cs1.Cl.Cl. The van der Waals surface area contributed by atoms with E-state index < -0.39 is 0 Å². The van der Waals surface area contributed by atoms with Crippen LogP contribution >= 0.6 is 36.2 Å². The van der Waals surface area contributed by atoms with Crippen LogP contribution in [0.4, 0.5) is 0 Å². The van der Waals surface area contributed by atoms with Crippen molar-refractivity contribution in [1.82, 2.24) is 15.2 Å². The predicted octanol–water partition coefficient (Wildman–Crippen LogP) is 2.88. The molecule has 1 aromatic rings. The molecular weight excluding hydrogens is 317 g/mol. The summed E-state index contributed by atoms with van der Waals surface area (Å²) < 4.78 is 5.58. The summed E-state index contributed by atoms with van der Waals surface area (Å²) in [7, 11) is 0. The minimum atomic E-state index is 0. The number of nitrogens with one attached hydrogen (secondary N) is 1. The Morgan fingerprint density at radius 3 is 2.95 bits per heavy atom. The zero-order valence-corrected chi connectivity index (χ0v) is 14.6. The highest BCUT2D eigenvalue weighted by Gasteiger charge is 2.13. The van der Waals surface area contributed by atoms with Gasteiger partial charge in [-0.1, -0.05) is 0 Å². The number of hydrogen-bond donors (Lipinski definition) is 1. The largest absolute Gasteiger partial charge is 0.372 e. The highest BCUT2D eigenvalue weighted by Crippen LogP contribution is 2.21. The Morgan fingerprint density at radius 2 is 2.20 bits per heavy atom. The Kier molecular flexibility index (Phi) is 10.8. The van der Waals surface area contributed by atoms with Gasteiger partial charge in [0.25, 0.3) is 0 Å². The second-order valence-corrected chi connectivity index (χ2v) is 5.54. The van der Waals surface area contributed by atoms with Gasteiger partial charge in [0.15, 0.2) is 0 Å². The molecule has 1 atom stereocenters. The summed E-state index contributed by atoms with van der Waals surface area (Å²) in [5, 5.41) is 6.69. The average molecular weight is 342 g/mol. The first kappa shape index (κ1) is 20.1. The van der Waals surface area contributed by atoms with Gasteiger partial charge in [-0.2, -0.15) is 0 Å². The van der Waals surface area contributed by atoms with Crippen molar-refractivity contribution >= 4 is 36.2 Å². The molecule has 2 rings (SSSR count). The number of thiazole rings is 1. The van der Waals surface area contributed by atoms with Crippen LogP contribution in [0.5, 0.6) is 0 Å². The van der Waals surface area contributed by atoms with E-state index in [0.717, 1.165) is 37.8 Å². The molecule has 2 heterocycles. The molecule has 1 aromatic heterocycles. The molecule has 1 unspecified atom stereocenters. The van der Waals surface area contributed by atoms with E-state index in [2.05, 4.69) is 27.5 Å². The Hall–Kier alpha value is 0.0900. The third-order valence-corrected chi connectivity index (χ3v) is 4.21. The minimum Gasteiger partial charge on any atom is -0.372 e. The number of nitrogens with zero attached hydrogens (tertiary/aromatic N) is 2. The molecule has 0 aromatic carbocycles. The van der Waals surface area contributed by atoms with Crippen LogP contribution in [-0.2, 0) is 11.3 Å². The van der Waals surface area contributed by atoms with Crippen LogP contribution in [0.25, 0.3) is 0 Å². The first-order valence-corrected chi connectivity index (χ1v) is 7.66. The van der Waals surface area contributed by atoms with Crippen molar-refractivity contribution in [3.05, 3.63) is 16.1 Å². The number of ether oxygens (including phenoxy) is 1. The maximum absolute atomic E-state index is 5.58. The molecule has 1 saturated heterocycles. The van der Waals surface area contributed by atoms with E-state index >= 15 is 0 Å². The predicted molar refractivity (Wildman–Crippen MR) is 89.4 cm³/mol. The topological polar surface area (TPSA) is 37.4 Å². The lowest BCUT2D eigenvalue weighted by Gasteiger charge is -2.17. The summed E-state index contributed by atoms with van der Waals surface area (Å²) in [5.74, 6) is 0. The summed E-state index contributed by atoms with van der Waals surface area (Å²) in [5.41, 5.74) is 1.18. The number of hydrogen-bond acceptors (Lipinski definition) is 5. The van der Waals surface area contributed by atoms with Gasteiger partial charge in [-0.25, -0.2) is 4.98 Å². The summed E-state index contributed by atoms with van der Waals surface area (Å²) in [4.78, 5) is 7.16. The van der Waals surface area contributed by atoms with Crippen molar-refractivity contribution in [2.24, 2.45) is 0 Å². The third kappa shape index (κ3) is 6.24. The molecule has 0 saturated carbocycles. The van der Waals surface area contributed by atoms with Gasteiger partial charge in [0.2, 0.25) is 0 Å². The lowest BCUT2D eigenvalue weighted by atomic mass is 10.3. The van der Waals surface area contributed by atoms with Gasteiger partial charge in [0.05, 0.1) is 5.69 Å². The molecule has 118 valence electrons. The average Bonchev–Trinajstić information content (AvgIpc) is 2.67. The smallest absolute Gasteiger partial charge is 0.122 e. The number of aromatic nitrogens is 1. The highest BCUT2D eigenvalue weighted by atomic mass is 35.5. The van der Waals surface area contributed by atoms with Crippen molar-refractivity contribution in [2.75, 3.05) is 32.8 Å². The zero-order valence-electron chi connectivity index (χ0n) is 12.1. The van der Waals surface area contributed by atoms with Gasteiger partial charge < -0.3 is 10.1 Å². The maximum atomic E-state index is 5.58. The third-order valence-electron chi connectivity index (χ3n) is 3.15. The van der Waals surface area contributed by atoms with Gasteiger partial charge in [-0.3, -0.25) is 4.90 Å². The summed E-state index contributed by atoms with van der Waals surface area (Å²) >= 11 is 1.71. The van der Waals surface area contributed by atoms with Crippen LogP contribution in [-0.4, -0.2) is 42.7 Å². The molecule has 1 aliphatic heterocycles. The van der Waals surface area contributed by atoms with Crippen LogP contribution in [0.15, 0.2) is 5.38 Å². The van der Waals surface area contributed by atoms with E-state index in [1.54, 1.807) is 11.3 Å². The Morgan fingerprint density at radius 1 is 1.40 bits per heavy atom. The van der Waals surface area contributed by atoms with Crippen LogP contribution in [0.3, 0.4) is 0 Å². The van der Waals surface area contributed by atoms with Crippen LogP contribution < -0.4 is 5.32 Å². The van der Waals surface area contributed by atoms with Gasteiger partial charge in [0, 0.05) is 31.6 Å². The maximum Gasteiger partial charge on any atom is 0.122 e. The fourth-order valence-corrected chi connectivity index (χ4v) is 3.01. The minimum absolute atomic E-state index is 0. The monoisotopic (exact) mass is 341 g/mol. The van der Waals surface area contributed by atoms with E-state index in [-0.39, 0.29) is 30.9 Å². The first-order chi connectivity index (χ1) is 8.79. The Bertz CT molecular complexity index is 357. The van der Waals surface area contributed by atoms with E-state index in [1.165, 1.54) is 18.7 Å². The lowest BCUT2D eigenvalue weighted by molar-refractivity contribution is 0.0760. The van der Waals surface area contributed by atoms with Gasteiger partial charge in [-0.15, -0.1) is 36.2 Å². The molecule has 4 nitrogen and oxygen atoms in total. The van der Waals surface area contributed by atoms with Crippen molar-refractivity contribution in [2.45, 2.75) is 32.9 Å². The molecule has 0 amide bonds. The van der Waals surface area contributed by atoms with Crippen LogP contribution in [0.1, 0.15) is 37.1 Å². The quantitative estimate of drug-likeness (QED) is 0.893. The fraction of sp³-hybridized carbons (Fsp3) is 0.769. The zero-order chi connectivity index (χ0) is 12.8. The van der Waals surface area contributed by atoms with E-state index in [1.807, 2.05) is 6.92 Å². The second kappa shape index (κ2) is 10.8. The molecule has 0 radical (unpaired) electrons. The molecule has 20 heavy (non-hydrogen) atoms. The standard InChI is InChI=1S/C13H23N3OS.2ClH/c1-3-17-11(2)13-15-12(10-18-13)9-16-7-4-5-14-6-8-16;;/h10-11,14H,3-9H2,1-2H3;2*1H. The van der Waals surface area contributed by atoms with Crippen molar-refractivity contribution in [3.8, 4) is 0 Å². The van der Waals surface area contributed by atoms with Gasteiger partial charge in [0.1, 0.15) is 11.1 Å². The van der Waals surface area contributed by atoms with Crippen molar-refractivity contribution < 1.29 is 4.74 Å². The van der Waals surface area contributed by atoms with Gasteiger partial charge in [-0.05, 0) is 33.4 Å². The second-order valence-electron chi connectivity index (χ2n) is 4.65. The molecule has 1 aliphatic rings. The Labute approximate surface area is 138 Å². The molecule has 0 spiro atoms. The lowest BCUT2D eigenvalue weighted by Crippen LogP contribution is -2.27. The normalized spacial score (nSPS) is 17.7. The molecular formula is C13H25Cl2N3OS. The fourth-order valence-electron chi connectivity index (χ4n) is 2.19. The highest BCUT2D eigenvalue weighted by molar-refractivity contribution is 7.09. The first-order valence-electron chi connectivity index (χ1n) is 6.78. The van der Waals surface area contributed by atoms with Crippen LogP contribution in [0, 0.1) is 0 Å². The van der Waals surface area contributed by atoms with Crippen LogP contribution in [0.2, 0.25) is 0 Å². The molecule has 0 aliphatic carbocycles. The molecule has 1 fully saturated rings. The number of rotatable bonds is 5. The Balaban J connectivity index is 0.00000180. The summed E-state index contributed by atoms with van der Waals surface area (Å²) in [6.45, 7) is 10.3. The van der Waals surface area contributed by atoms with Crippen molar-refractivity contribution in [1.29, 1.82) is 0 Å². The summed E-state index contributed by atoms with van der Waals surface area (Å²) in [6, 6.07) is 0. The molecule has 0 bridgehead atoms. The number of halogens is 2. The van der Waals surface area contributed by atoms with Crippen molar-refractivity contribution in [3.63, 3.8) is 0 Å². The van der Waals surface area contributed by atoms with E-state index in [9.17, 15) is 0 Å². The van der Waals surface area contributed by atoms with E-state index in [4.69, 9.17) is 4.74 Å².